The minimum absolute atomic E-state index is 0.176. The quantitative estimate of drug-likeness (QED) is 0.796. The van der Waals surface area contributed by atoms with Crippen molar-refractivity contribution in [1.29, 1.82) is 0 Å². The van der Waals surface area contributed by atoms with E-state index >= 15 is 0 Å². The van der Waals surface area contributed by atoms with Gasteiger partial charge in [0.15, 0.2) is 0 Å². The van der Waals surface area contributed by atoms with Crippen LogP contribution in [0.4, 0.5) is 0 Å². The molecule has 0 aliphatic carbocycles. The molecule has 0 amide bonds. The maximum absolute atomic E-state index is 12.5. The van der Waals surface area contributed by atoms with E-state index in [0.29, 0.717) is 0 Å². The predicted octanol–water partition coefficient (Wildman–Crippen LogP) is 3.31. The first-order valence-corrected chi connectivity index (χ1v) is 7.14. The molecule has 0 aliphatic heterocycles. The van der Waals surface area contributed by atoms with E-state index < -0.39 is 13.4 Å². The first-order valence-electron chi connectivity index (χ1n) is 5.53. The molecule has 1 N–H and O–H groups in total. The summed E-state index contributed by atoms with van der Waals surface area (Å²) in [5.41, 5.74) is 0. The molecular weight excluding hydrogens is 243 g/mol. The first-order chi connectivity index (χ1) is 7.85. The minimum atomic E-state index is -3.65. The Balaban J connectivity index is 2.93. The molecule has 1 rings (SSSR count). The minimum Gasteiger partial charge on any atom is -0.466 e. The summed E-state index contributed by atoms with van der Waals surface area (Å²) in [5, 5.41) is 10.0. The van der Waals surface area contributed by atoms with Gasteiger partial charge in [-0.15, -0.1) is 0 Å². The zero-order valence-electron chi connectivity index (χ0n) is 10.5. The van der Waals surface area contributed by atoms with Crippen molar-refractivity contribution in [3.8, 4) is 0 Å². The molecule has 6 heteroatoms. The summed E-state index contributed by atoms with van der Waals surface area (Å²) in [7, 11) is -3.65. The molecule has 0 bridgehead atoms. The topological polar surface area (TPSA) is 68.9 Å². The van der Waals surface area contributed by atoms with Crippen LogP contribution in [0.25, 0.3) is 0 Å². The average molecular weight is 262 g/mol. The molecule has 0 aromatic carbocycles. The Morgan fingerprint density at radius 1 is 1.24 bits per heavy atom. The second-order valence-corrected chi connectivity index (χ2v) is 6.23. The van der Waals surface area contributed by atoms with E-state index in [4.69, 9.17) is 13.5 Å². The van der Waals surface area contributed by atoms with Gasteiger partial charge in [-0.25, -0.2) is 0 Å². The molecule has 0 fully saturated rings. The molecule has 5 nitrogen and oxygen atoms in total. The third-order valence-electron chi connectivity index (χ3n) is 1.81. The molecule has 1 aromatic heterocycles. The predicted molar refractivity (Wildman–Crippen MR) is 63.7 cm³/mol. The second kappa shape index (κ2) is 5.83. The van der Waals surface area contributed by atoms with E-state index in [-0.39, 0.29) is 18.0 Å². The lowest BCUT2D eigenvalue weighted by molar-refractivity contribution is 0.0940. The lowest BCUT2D eigenvalue weighted by Gasteiger charge is -2.25. The van der Waals surface area contributed by atoms with Crippen molar-refractivity contribution in [2.24, 2.45) is 0 Å². The summed E-state index contributed by atoms with van der Waals surface area (Å²) in [6.45, 7) is 6.91. The van der Waals surface area contributed by atoms with Crippen molar-refractivity contribution >= 4 is 7.60 Å². The van der Waals surface area contributed by atoms with Gasteiger partial charge in [0.25, 0.3) is 0 Å². The number of aliphatic hydroxyl groups is 1. The van der Waals surface area contributed by atoms with Crippen molar-refractivity contribution in [2.45, 2.75) is 45.7 Å². The number of furan rings is 1. The van der Waals surface area contributed by atoms with Crippen molar-refractivity contribution in [3.63, 3.8) is 0 Å². The second-order valence-electron chi connectivity index (χ2n) is 4.24. The van der Waals surface area contributed by atoms with Crippen LogP contribution in [-0.4, -0.2) is 17.3 Å². The molecule has 17 heavy (non-hydrogen) atoms. The fourth-order valence-electron chi connectivity index (χ4n) is 1.32. The Bertz CT molecular complexity index is 357. The molecule has 0 aliphatic rings. The zero-order valence-corrected chi connectivity index (χ0v) is 11.4. The van der Waals surface area contributed by atoms with Crippen LogP contribution in [0.15, 0.2) is 22.8 Å². The lowest BCUT2D eigenvalue weighted by Crippen LogP contribution is -2.13. The smallest absolute Gasteiger partial charge is 0.367 e. The molecular formula is C11H19O5P. The Hall–Kier alpha value is -0.610. The van der Waals surface area contributed by atoms with Crippen molar-refractivity contribution in [1.82, 2.24) is 0 Å². The monoisotopic (exact) mass is 262 g/mol. The van der Waals surface area contributed by atoms with E-state index in [9.17, 15) is 9.67 Å². The summed E-state index contributed by atoms with van der Waals surface area (Å²) in [6, 6.07) is 3.14. The highest BCUT2D eigenvalue weighted by Crippen LogP contribution is 2.61. The van der Waals surface area contributed by atoms with Gasteiger partial charge >= 0.3 is 7.60 Å². The number of aliphatic hydroxyl groups excluding tert-OH is 1. The highest BCUT2D eigenvalue weighted by atomic mass is 31.2. The van der Waals surface area contributed by atoms with E-state index in [1.165, 1.54) is 12.3 Å². The van der Waals surface area contributed by atoms with E-state index in [1.54, 1.807) is 33.8 Å². The fraction of sp³-hybridized carbons (Fsp3) is 0.636. The Labute approximate surface area is 101 Å². The van der Waals surface area contributed by atoms with E-state index in [0.717, 1.165) is 0 Å². The van der Waals surface area contributed by atoms with Gasteiger partial charge in [0, 0.05) is 0 Å². The van der Waals surface area contributed by atoms with Gasteiger partial charge in [0.2, 0.25) is 5.85 Å². The van der Waals surface area contributed by atoms with Crippen molar-refractivity contribution < 1.29 is 23.1 Å². The summed E-state index contributed by atoms with van der Waals surface area (Å²) in [5.74, 6) is -1.23. The molecule has 98 valence electrons. The van der Waals surface area contributed by atoms with E-state index in [1.807, 2.05) is 0 Å². The normalized spacial score (nSPS) is 14.5. The molecule has 0 spiro atoms. The first kappa shape index (κ1) is 14.5. The summed E-state index contributed by atoms with van der Waals surface area (Å²) >= 11 is 0. The summed E-state index contributed by atoms with van der Waals surface area (Å²) in [6.07, 6.45) is 0.765. The Morgan fingerprint density at radius 2 is 1.76 bits per heavy atom. The third kappa shape index (κ3) is 3.96. The highest BCUT2D eigenvalue weighted by Gasteiger charge is 2.39. The van der Waals surface area contributed by atoms with Gasteiger partial charge in [0.05, 0.1) is 18.5 Å². The highest BCUT2D eigenvalue weighted by molar-refractivity contribution is 7.54. The number of rotatable bonds is 6. The summed E-state index contributed by atoms with van der Waals surface area (Å²) < 4.78 is 28.0. The Morgan fingerprint density at radius 3 is 2.12 bits per heavy atom. The zero-order chi connectivity index (χ0) is 13.1. The molecule has 0 unspecified atom stereocenters. The number of hydrogen-bond donors (Lipinski definition) is 1. The van der Waals surface area contributed by atoms with Crippen LogP contribution in [0.1, 0.15) is 39.3 Å². The van der Waals surface area contributed by atoms with E-state index in [2.05, 4.69) is 0 Å². The average Bonchev–Trinajstić information content (AvgIpc) is 2.66. The molecule has 1 aromatic rings. The van der Waals surface area contributed by atoms with Crippen LogP contribution in [0.5, 0.6) is 0 Å². The largest absolute Gasteiger partial charge is 0.466 e. The molecule has 1 heterocycles. The van der Waals surface area contributed by atoms with Crippen LogP contribution < -0.4 is 0 Å². The van der Waals surface area contributed by atoms with Crippen LogP contribution in [0.3, 0.4) is 0 Å². The van der Waals surface area contributed by atoms with Crippen LogP contribution >= 0.6 is 7.60 Å². The van der Waals surface area contributed by atoms with Crippen molar-refractivity contribution in [2.75, 3.05) is 0 Å². The van der Waals surface area contributed by atoms with Crippen LogP contribution in [0, 0.1) is 0 Å². The van der Waals surface area contributed by atoms with Gasteiger partial charge in [0.1, 0.15) is 5.76 Å². The van der Waals surface area contributed by atoms with Crippen LogP contribution in [0.2, 0.25) is 0 Å². The maximum atomic E-state index is 12.5. The fourth-order valence-corrected chi connectivity index (χ4v) is 3.24. The maximum Gasteiger partial charge on any atom is 0.367 e. The van der Waals surface area contributed by atoms with Crippen LogP contribution in [-0.2, 0) is 13.6 Å². The standard InChI is InChI=1S/C11H19O5P/c1-8(2)15-17(13,16-9(3)4)11(12)10-6-5-7-14-10/h5-9,11-12H,1-4H3/t11-/m0/s1. The molecule has 1 atom stereocenters. The van der Waals surface area contributed by atoms with Gasteiger partial charge in [-0.2, -0.15) is 0 Å². The molecule has 0 saturated carbocycles. The van der Waals surface area contributed by atoms with Gasteiger partial charge < -0.3 is 18.6 Å². The molecule has 0 saturated heterocycles. The third-order valence-corrected chi connectivity index (χ3v) is 4.10. The Kier molecular flexibility index (Phi) is 4.95. The van der Waals surface area contributed by atoms with Gasteiger partial charge in [-0.1, -0.05) is 0 Å². The van der Waals surface area contributed by atoms with Gasteiger partial charge in [-0.05, 0) is 39.8 Å². The number of hydrogen-bond acceptors (Lipinski definition) is 5. The SMILES string of the molecule is CC(C)OP(=O)(OC(C)C)[C@H](O)c1ccco1. The van der Waals surface area contributed by atoms with Gasteiger partial charge in [-0.3, -0.25) is 4.57 Å². The summed E-state index contributed by atoms with van der Waals surface area (Å²) in [4.78, 5) is 0. The lowest BCUT2D eigenvalue weighted by atomic mass is 10.5. The van der Waals surface area contributed by atoms with Crippen molar-refractivity contribution in [3.05, 3.63) is 24.2 Å². The molecule has 0 radical (unpaired) electrons.